The summed E-state index contributed by atoms with van der Waals surface area (Å²) in [4.78, 5) is 12.4. The van der Waals surface area contributed by atoms with Gasteiger partial charge in [-0.2, -0.15) is 0 Å². The average molecular weight is 420 g/mol. The predicted octanol–water partition coefficient (Wildman–Crippen LogP) is 2.51. The van der Waals surface area contributed by atoms with Crippen LogP contribution in [-0.2, 0) is 23.6 Å². The van der Waals surface area contributed by atoms with Gasteiger partial charge in [0.2, 0.25) is 0 Å². The van der Waals surface area contributed by atoms with Crippen LogP contribution in [0.15, 0.2) is 53.6 Å². The molecule has 0 aliphatic carbocycles. The number of benzene rings is 2. The quantitative estimate of drug-likeness (QED) is 0.638. The molecule has 1 aromatic heterocycles. The molecule has 0 atom stereocenters. The Balaban J connectivity index is 1.79. The monoisotopic (exact) mass is 419 g/mol. The molecule has 0 aliphatic rings. The van der Waals surface area contributed by atoms with Crippen molar-refractivity contribution in [1.82, 2.24) is 20.3 Å². The molecule has 0 fully saturated rings. The molecular formula is C18H18ClN5O3S. The van der Waals surface area contributed by atoms with Gasteiger partial charge in [0.25, 0.3) is 15.9 Å². The van der Waals surface area contributed by atoms with E-state index in [9.17, 15) is 13.2 Å². The minimum Gasteiger partial charge on any atom is -0.346 e. The van der Waals surface area contributed by atoms with Crippen molar-refractivity contribution in [3.63, 3.8) is 0 Å². The number of anilines is 1. The SMILES string of the molecule is Cc1ccc(C(=O)NCc2cn(C)nn2)cc1S(=O)(=O)Nc1ccc(Cl)cc1. The molecule has 10 heteroatoms. The molecule has 0 saturated carbocycles. The highest BCUT2D eigenvalue weighted by Gasteiger charge is 2.19. The number of carbonyl (C=O) groups excluding carboxylic acids is 1. The van der Waals surface area contributed by atoms with Crippen LogP contribution >= 0.6 is 11.6 Å². The highest BCUT2D eigenvalue weighted by Crippen LogP contribution is 2.22. The summed E-state index contributed by atoms with van der Waals surface area (Å²) in [7, 11) is -2.15. The van der Waals surface area contributed by atoms with Crippen LogP contribution in [0.5, 0.6) is 0 Å². The Morgan fingerprint density at radius 2 is 1.89 bits per heavy atom. The minimum absolute atomic E-state index is 0.0228. The van der Waals surface area contributed by atoms with E-state index in [0.29, 0.717) is 22.0 Å². The number of carbonyl (C=O) groups is 1. The molecule has 0 spiro atoms. The molecule has 8 nitrogen and oxygen atoms in total. The van der Waals surface area contributed by atoms with Gasteiger partial charge in [-0.05, 0) is 48.9 Å². The maximum absolute atomic E-state index is 12.8. The van der Waals surface area contributed by atoms with Gasteiger partial charge in [0.1, 0.15) is 5.69 Å². The number of nitrogens with one attached hydrogen (secondary N) is 2. The van der Waals surface area contributed by atoms with Crippen LogP contribution in [0.4, 0.5) is 5.69 Å². The lowest BCUT2D eigenvalue weighted by Crippen LogP contribution is -2.24. The first-order valence-corrected chi connectivity index (χ1v) is 10.1. The topological polar surface area (TPSA) is 106 Å². The number of hydrogen-bond acceptors (Lipinski definition) is 5. The molecular weight excluding hydrogens is 402 g/mol. The zero-order valence-electron chi connectivity index (χ0n) is 15.2. The van der Waals surface area contributed by atoms with Gasteiger partial charge in [-0.3, -0.25) is 14.2 Å². The molecule has 28 heavy (non-hydrogen) atoms. The molecule has 1 amide bonds. The second-order valence-electron chi connectivity index (χ2n) is 6.16. The number of hydrogen-bond donors (Lipinski definition) is 2. The van der Waals surface area contributed by atoms with Gasteiger partial charge in [0, 0.05) is 29.5 Å². The Bertz CT molecular complexity index is 1110. The number of halogens is 1. The van der Waals surface area contributed by atoms with Crippen molar-refractivity contribution in [3.05, 3.63) is 70.5 Å². The van der Waals surface area contributed by atoms with Crippen molar-refractivity contribution in [2.75, 3.05) is 4.72 Å². The summed E-state index contributed by atoms with van der Waals surface area (Å²) >= 11 is 5.82. The second kappa shape index (κ2) is 7.99. The average Bonchev–Trinajstić information content (AvgIpc) is 3.07. The number of rotatable bonds is 6. The predicted molar refractivity (Wildman–Crippen MR) is 106 cm³/mol. The molecule has 0 bridgehead atoms. The molecule has 1 heterocycles. The highest BCUT2D eigenvalue weighted by atomic mass is 35.5. The lowest BCUT2D eigenvalue weighted by Gasteiger charge is -2.12. The molecule has 0 unspecified atom stereocenters. The fourth-order valence-corrected chi connectivity index (χ4v) is 3.96. The first-order valence-electron chi connectivity index (χ1n) is 8.27. The molecule has 3 aromatic rings. The summed E-state index contributed by atoms with van der Waals surface area (Å²) in [5.41, 5.74) is 1.72. The van der Waals surface area contributed by atoms with Crippen molar-refractivity contribution < 1.29 is 13.2 Å². The van der Waals surface area contributed by atoms with E-state index in [-0.39, 0.29) is 17.0 Å². The first-order chi connectivity index (χ1) is 13.2. The van der Waals surface area contributed by atoms with E-state index in [4.69, 9.17) is 11.6 Å². The van der Waals surface area contributed by atoms with Gasteiger partial charge in [0.05, 0.1) is 11.4 Å². The fourth-order valence-electron chi connectivity index (χ4n) is 2.51. The minimum atomic E-state index is -3.88. The smallest absolute Gasteiger partial charge is 0.262 e. The maximum atomic E-state index is 12.8. The summed E-state index contributed by atoms with van der Waals surface area (Å²) in [6.45, 7) is 1.85. The summed E-state index contributed by atoms with van der Waals surface area (Å²) < 4.78 is 29.6. The van der Waals surface area contributed by atoms with E-state index in [2.05, 4.69) is 20.4 Å². The Kier molecular flexibility index (Phi) is 5.66. The van der Waals surface area contributed by atoms with Crippen LogP contribution < -0.4 is 10.0 Å². The van der Waals surface area contributed by atoms with Gasteiger partial charge < -0.3 is 5.32 Å². The van der Waals surface area contributed by atoms with Crippen LogP contribution in [0.1, 0.15) is 21.6 Å². The Morgan fingerprint density at radius 1 is 1.18 bits per heavy atom. The Hall–Kier alpha value is -2.91. The van der Waals surface area contributed by atoms with E-state index >= 15 is 0 Å². The van der Waals surface area contributed by atoms with Crippen LogP contribution in [0.25, 0.3) is 0 Å². The van der Waals surface area contributed by atoms with Gasteiger partial charge in [0.15, 0.2) is 0 Å². The molecule has 2 aromatic carbocycles. The van der Waals surface area contributed by atoms with Crippen LogP contribution in [0, 0.1) is 6.92 Å². The number of nitrogens with zero attached hydrogens (tertiary/aromatic N) is 3. The summed E-state index contributed by atoms with van der Waals surface area (Å²) in [6, 6.07) is 10.8. The van der Waals surface area contributed by atoms with Crippen molar-refractivity contribution in [2.24, 2.45) is 7.05 Å². The number of sulfonamides is 1. The molecule has 0 aliphatic heterocycles. The zero-order chi connectivity index (χ0) is 20.3. The molecule has 146 valence electrons. The van der Waals surface area contributed by atoms with Crippen molar-refractivity contribution in [1.29, 1.82) is 0 Å². The van der Waals surface area contributed by atoms with Gasteiger partial charge in [-0.15, -0.1) is 5.10 Å². The third-order valence-electron chi connectivity index (χ3n) is 3.92. The third-order valence-corrected chi connectivity index (χ3v) is 5.69. The summed E-state index contributed by atoms with van der Waals surface area (Å²) in [6.07, 6.45) is 1.68. The van der Waals surface area contributed by atoms with Crippen LogP contribution in [0.3, 0.4) is 0 Å². The van der Waals surface area contributed by atoms with Crippen molar-refractivity contribution in [2.45, 2.75) is 18.4 Å². The number of amides is 1. The van der Waals surface area contributed by atoms with E-state index in [0.717, 1.165) is 0 Å². The van der Waals surface area contributed by atoms with Crippen molar-refractivity contribution >= 4 is 33.2 Å². The normalized spacial score (nSPS) is 11.2. The zero-order valence-corrected chi connectivity index (χ0v) is 16.8. The summed E-state index contributed by atoms with van der Waals surface area (Å²) in [5.74, 6) is -0.409. The van der Waals surface area contributed by atoms with Gasteiger partial charge in [-0.1, -0.05) is 22.9 Å². The first kappa shape index (κ1) is 19.8. The van der Waals surface area contributed by atoms with Crippen LogP contribution in [0.2, 0.25) is 5.02 Å². The van der Waals surface area contributed by atoms with E-state index in [1.807, 2.05) is 0 Å². The Labute approximate surface area is 167 Å². The lowest BCUT2D eigenvalue weighted by molar-refractivity contribution is 0.0950. The van der Waals surface area contributed by atoms with Gasteiger partial charge >= 0.3 is 0 Å². The fraction of sp³-hybridized carbons (Fsp3) is 0.167. The van der Waals surface area contributed by atoms with Crippen molar-refractivity contribution in [3.8, 4) is 0 Å². The molecule has 0 radical (unpaired) electrons. The maximum Gasteiger partial charge on any atom is 0.262 e. The number of aryl methyl sites for hydroxylation is 2. The van der Waals surface area contributed by atoms with E-state index < -0.39 is 15.9 Å². The largest absolute Gasteiger partial charge is 0.346 e. The number of aromatic nitrogens is 3. The second-order valence-corrected chi connectivity index (χ2v) is 8.25. The van der Waals surface area contributed by atoms with E-state index in [1.54, 1.807) is 56.6 Å². The molecule has 2 N–H and O–H groups in total. The standard InChI is InChI=1S/C18H18ClN5O3S/c1-12-3-4-13(18(25)20-10-16-11-24(2)23-21-16)9-17(12)28(26,27)22-15-7-5-14(19)6-8-15/h3-9,11,22H,10H2,1-2H3,(H,20,25). The van der Waals surface area contributed by atoms with E-state index in [1.165, 1.54) is 10.7 Å². The third kappa shape index (κ3) is 4.68. The summed E-state index contributed by atoms with van der Waals surface area (Å²) in [5, 5.41) is 10.9. The van der Waals surface area contributed by atoms with Crippen LogP contribution in [-0.4, -0.2) is 29.3 Å². The molecule has 0 saturated heterocycles. The molecule has 3 rings (SSSR count). The van der Waals surface area contributed by atoms with Gasteiger partial charge in [-0.25, -0.2) is 8.42 Å². The highest BCUT2D eigenvalue weighted by molar-refractivity contribution is 7.92. The lowest BCUT2D eigenvalue weighted by atomic mass is 10.1. The Morgan fingerprint density at radius 3 is 2.54 bits per heavy atom.